The summed E-state index contributed by atoms with van der Waals surface area (Å²) in [6.45, 7) is 5.09. The van der Waals surface area contributed by atoms with Crippen LogP contribution >= 0.6 is 31.9 Å². The third-order valence-corrected chi connectivity index (χ3v) is 5.26. The Bertz CT molecular complexity index is 959. The van der Waals surface area contributed by atoms with E-state index in [1.165, 1.54) is 23.3 Å². The molecule has 0 atom stereocenters. The molecule has 0 aromatic heterocycles. The lowest BCUT2D eigenvalue weighted by atomic mass is 10.1. The third-order valence-electron chi connectivity index (χ3n) is 4.21. The zero-order chi connectivity index (χ0) is 19.4. The zero-order valence-electron chi connectivity index (χ0n) is 15.2. The van der Waals surface area contributed by atoms with Gasteiger partial charge >= 0.3 is 0 Å². The Morgan fingerprint density at radius 3 is 2.56 bits per heavy atom. The lowest BCUT2D eigenvalue weighted by Gasteiger charge is -2.16. The molecule has 3 aromatic rings. The summed E-state index contributed by atoms with van der Waals surface area (Å²) < 4.78 is 21.2. The van der Waals surface area contributed by atoms with Gasteiger partial charge in [-0.3, -0.25) is 0 Å². The first kappa shape index (κ1) is 19.9. The van der Waals surface area contributed by atoms with Gasteiger partial charge in [0.2, 0.25) is 0 Å². The van der Waals surface area contributed by atoms with E-state index in [0.717, 1.165) is 31.5 Å². The van der Waals surface area contributed by atoms with Gasteiger partial charge < -0.3 is 10.1 Å². The van der Waals surface area contributed by atoms with Gasteiger partial charge in [-0.15, -0.1) is 0 Å². The molecule has 1 N–H and O–H groups in total. The largest absolute Gasteiger partial charge is 0.487 e. The van der Waals surface area contributed by atoms with Crippen molar-refractivity contribution in [2.45, 2.75) is 27.0 Å². The Balaban J connectivity index is 1.79. The molecule has 0 radical (unpaired) electrons. The summed E-state index contributed by atoms with van der Waals surface area (Å²) in [6, 6.07) is 16.8. The van der Waals surface area contributed by atoms with Crippen LogP contribution in [0.5, 0.6) is 5.75 Å². The first-order valence-electron chi connectivity index (χ1n) is 8.58. The van der Waals surface area contributed by atoms with Crippen LogP contribution in [0.3, 0.4) is 0 Å². The van der Waals surface area contributed by atoms with Gasteiger partial charge in [-0.25, -0.2) is 4.39 Å². The molecule has 0 heterocycles. The molecule has 0 fully saturated rings. The lowest BCUT2D eigenvalue weighted by Crippen LogP contribution is -2.05. The topological polar surface area (TPSA) is 21.3 Å². The van der Waals surface area contributed by atoms with Gasteiger partial charge in [0.05, 0.1) is 4.47 Å². The van der Waals surface area contributed by atoms with E-state index >= 15 is 0 Å². The molecular formula is C22H20Br2FNO. The highest BCUT2D eigenvalue weighted by molar-refractivity contribution is 9.11. The zero-order valence-corrected chi connectivity index (χ0v) is 18.3. The van der Waals surface area contributed by atoms with Crippen molar-refractivity contribution in [2.75, 3.05) is 5.32 Å². The van der Waals surface area contributed by atoms with Crippen molar-refractivity contribution in [3.63, 3.8) is 0 Å². The summed E-state index contributed by atoms with van der Waals surface area (Å²) in [5.41, 5.74) is 5.33. The van der Waals surface area contributed by atoms with Crippen molar-refractivity contribution in [2.24, 2.45) is 0 Å². The van der Waals surface area contributed by atoms with Crippen LogP contribution in [0.4, 0.5) is 10.1 Å². The Kier molecular flexibility index (Phi) is 6.55. The first-order chi connectivity index (χ1) is 12.9. The SMILES string of the molecule is Cc1ccc(NCc2cc(Br)cc(Br)c2OCc2cccc(F)c2)c(C)c1. The van der Waals surface area contributed by atoms with E-state index in [4.69, 9.17) is 4.74 Å². The summed E-state index contributed by atoms with van der Waals surface area (Å²) >= 11 is 7.12. The van der Waals surface area contributed by atoms with Crippen molar-refractivity contribution >= 4 is 37.5 Å². The molecule has 0 spiro atoms. The standard InChI is InChI=1S/C22H20Br2FNO/c1-14-6-7-21(15(2)8-14)26-12-17-10-18(23)11-20(24)22(17)27-13-16-4-3-5-19(25)9-16/h3-11,26H,12-13H2,1-2H3. The van der Waals surface area contributed by atoms with E-state index in [-0.39, 0.29) is 5.82 Å². The average molecular weight is 493 g/mol. The minimum absolute atomic E-state index is 0.261. The van der Waals surface area contributed by atoms with Crippen molar-refractivity contribution in [1.29, 1.82) is 0 Å². The maximum Gasteiger partial charge on any atom is 0.139 e. The second kappa shape index (κ2) is 8.89. The Hall–Kier alpha value is -1.85. The molecular weight excluding hydrogens is 473 g/mol. The van der Waals surface area contributed by atoms with E-state index in [1.807, 2.05) is 18.2 Å². The van der Waals surface area contributed by atoms with E-state index in [9.17, 15) is 4.39 Å². The Morgan fingerprint density at radius 1 is 1.00 bits per heavy atom. The fourth-order valence-electron chi connectivity index (χ4n) is 2.89. The van der Waals surface area contributed by atoms with Gasteiger partial charge in [0.15, 0.2) is 0 Å². The van der Waals surface area contributed by atoms with Gasteiger partial charge in [-0.1, -0.05) is 45.8 Å². The smallest absolute Gasteiger partial charge is 0.139 e. The summed E-state index contributed by atoms with van der Waals surface area (Å²) in [4.78, 5) is 0. The van der Waals surface area contributed by atoms with Crippen LogP contribution in [0.15, 0.2) is 63.5 Å². The molecule has 140 valence electrons. The molecule has 0 saturated carbocycles. The fourth-order valence-corrected chi connectivity index (χ4v) is 4.32. The van der Waals surface area contributed by atoms with Gasteiger partial charge in [-0.05, 0) is 71.2 Å². The van der Waals surface area contributed by atoms with E-state index in [1.54, 1.807) is 6.07 Å². The van der Waals surface area contributed by atoms with Crippen LogP contribution in [0.1, 0.15) is 22.3 Å². The van der Waals surface area contributed by atoms with Crippen LogP contribution in [0.25, 0.3) is 0 Å². The molecule has 3 rings (SSSR count). The van der Waals surface area contributed by atoms with Crippen LogP contribution in [-0.4, -0.2) is 0 Å². The molecule has 0 aliphatic rings. The molecule has 27 heavy (non-hydrogen) atoms. The van der Waals surface area contributed by atoms with Gasteiger partial charge in [0, 0.05) is 22.3 Å². The highest BCUT2D eigenvalue weighted by Gasteiger charge is 2.12. The number of hydrogen-bond acceptors (Lipinski definition) is 2. The van der Waals surface area contributed by atoms with Crippen LogP contribution in [-0.2, 0) is 13.2 Å². The summed E-state index contributed by atoms with van der Waals surface area (Å²) in [7, 11) is 0. The molecule has 5 heteroatoms. The number of aryl methyl sites for hydroxylation is 2. The second-order valence-electron chi connectivity index (χ2n) is 6.47. The summed E-state index contributed by atoms with van der Waals surface area (Å²) in [5.74, 6) is 0.488. The molecule has 3 aromatic carbocycles. The predicted octanol–water partition coefficient (Wildman–Crippen LogP) is 7.16. The molecule has 0 bridgehead atoms. The number of rotatable bonds is 6. The third kappa shape index (κ3) is 5.33. The van der Waals surface area contributed by atoms with Crippen LogP contribution < -0.4 is 10.1 Å². The van der Waals surface area contributed by atoms with Crippen LogP contribution in [0.2, 0.25) is 0 Å². The van der Waals surface area contributed by atoms with E-state index < -0.39 is 0 Å². The Morgan fingerprint density at radius 2 is 1.81 bits per heavy atom. The number of ether oxygens (including phenoxy) is 1. The molecule has 0 saturated heterocycles. The maximum absolute atomic E-state index is 13.4. The number of halogens is 3. The maximum atomic E-state index is 13.4. The van der Waals surface area contributed by atoms with Gasteiger partial charge in [0.25, 0.3) is 0 Å². The summed E-state index contributed by atoms with van der Waals surface area (Å²) in [6.07, 6.45) is 0. The van der Waals surface area contributed by atoms with Crippen molar-refractivity contribution < 1.29 is 9.13 Å². The number of benzene rings is 3. The molecule has 0 amide bonds. The monoisotopic (exact) mass is 491 g/mol. The predicted molar refractivity (Wildman–Crippen MR) is 116 cm³/mol. The van der Waals surface area contributed by atoms with Crippen LogP contribution in [0, 0.1) is 19.7 Å². The molecule has 0 unspecified atom stereocenters. The molecule has 0 aliphatic carbocycles. The molecule has 2 nitrogen and oxygen atoms in total. The number of hydrogen-bond donors (Lipinski definition) is 1. The quantitative estimate of drug-likeness (QED) is 0.394. The highest BCUT2D eigenvalue weighted by atomic mass is 79.9. The van der Waals surface area contributed by atoms with Gasteiger partial charge in [-0.2, -0.15) is 0 Å². The van der Waals surface area contributed by atoms with E-state index in [2.05, 4.69) is 69.2 Å². The molecule has 0 aliphatic heterocycles. The highest BCUT2D eigenvalue weighted by Crippen LogP contribution is 2.34. The summed E-state index contributed by atoms with van der Waals surface area (Å²) in [5, 5.41) is 3.48. The second-order valence-corrected chi connectivity index (χ2v) is 8.24. The van der Waals surface area contributed by atoms with Crippen molar-refractivity contribution in [3.05, 3.63) is 91.6 Å². The normalized spacial score (nSPS) is 10.7. The van der Waals surface area contributed by atoms with E-state index in [0.29, 0.717) is 13.2 Å². The minimum Gasteiger partial charge on any atom is -0.487 e. The fraction of sp³-hybridized carbons (Fsp3) is 0.182. The first-order valence-corrected chi connectivity index (χ1v) is 10.2. The minimum atomic E-state index is -0.261. The average Bonchev–Trinajstić information content (AvgIpc) is 2.60. The Labute approximate surface area is 176 Å². The number of nitrogens with one attached hydrogen (secondary N) is 1. The lowest BCUT2D eigenvalue weighted by molar-refractivity contribution is 0.300. The van der Waals surface area contributed by atoms with Gasteiger partial charge in [0.1, 0.15) is 18.2 Å². The van der Waals surface area contributed by atoms with Crippen molar-refractivity contribution in [1.82, 2.24) is 0 Å². The number of anilines is 1. The van der Waals surface area contributed by atoms with Crippen molar-refractivity contribution in [3.8, 4) is 5.75 Å².